The highest BCUT2D eigenvalue weighted by atomic mass is 16.5. The predicted molar refractivity (Wildman–Crippen MR) is 56.7 cm³/mol. The maximum absolute atomic E-state index is 5.61. The molecule has 0 bridgehead atoms. The van der Waals surface area contributed by atoms with Crippen LogP contribution in [-0.4, -0.2) is 6.10 Å². The smallest absolute Gasteiger partial charge is 0.142 e. The summed E-state index contributed by atoms with van der Waals surface area (Å²) >= 11 is 0. The molecule has 2 aliphatic rings. The molecule has 0 spiro atoms. The summed E-state index contributed by atoms with van der Waals surface area (Å²) in [7, 11) is 0. The van der Waals surface area contributed by atoms with Gasteiger partial charge in [0.1, 0.15) is 6.10 Å². The number of fused-ring (bicyclic) bond motifs is 2. The summed E-state index contributed by atoms with van der Waals surface area (Å²) < 4.78 is 5.61. The van der Waals surface area contributed by atoms with Crippen LogP contribution >= 0.6 is 0 Å². The van der Waals surface area contributed by atoms with Crippen molar-refractivity contribution in [3.05, 3.63) is 59.0 Å². The van der Waals surface area contributed by atoms with E-state index >= 15 is 0 Å². The normalized spacial score (nSPS) is 22.0. The molecule has 1 heterocycles. The molecule has 0 saturated heterocycles. The van der Waals surface area contributed by atoms with E-state index in [0.717, 1.165) is 0 Å². The van der Waals surface area contributed by atoms with Crippen molar-refractivity contribution in [3.63, 3.8) is 0 Å². The molecule has 1 atom stereocenters. The number of hydrogen-bond acceptors (Lipinski definition) is 1. The molecule has 0 aromatic heterocycles. The van der Waals surface area contributed by atoms with E-state index < -0.39 is 0 Å². The highest BCUT2D eigenvalue weighted by Gasteiger charge is 2.14. The Bertz CT molecular complexity index is 535. The molecule has 3 rings (SSSR count). The van der Waals surface area contributed by atoms with E-state index in [-0.39, 0.29) is 6.10 Å². The first kappa shape index (κ1) is 7.63. The van der Waals surface area contributed by atoms with Gasteiger partial charge >= 0.3 is 0 Å². The highest BCUT2D eigenvalue weighted by Crippen LogP contribution is 2.16. The van der Waals surface area contributed by atoms with Crippen LogP contribution in [0.1, 0.15) is 0 Å². The summed E-state index contributed by atoms with van der Waals surface area (Å²) in [5.41, 5.74) is 1.26. The van der Waals surface area contributed by atoms with Crippen LogP contribution in [0.25, 0.3) is 11.8 Å². The average molecular weight is 182 g/mol. The van der Waals surface area contributed by atoms with E-state index in [1.54, 1.807) is 0 Å². The molecule has 1 aromatic carbocycles. The van der Waals surface area contributed by atoms with E-state index in [2.05, 4.69) is 36.4 Å². The number of rotatable bonds is 0. The lowest BCUT2D eigenvalue weighted by molar-refractivity contribution is 0.275. The van der Waals surface area contributed by atoms with Gasteiger partial charge in [0.2, 0.25) is 0 Å². The summed E-state index contributed by atoms with van der Waals surface area (Å²) in [6.07, 6.45) is 10.2. The van der Waals surface area contributed by atoms with E-state index in [1.807, 2.05) is 18.4 Å². The number of ether oxygens (including phenoxy) is 1. The number of hydrogen-bond donors (Lipinski definition) is 0. The second-order valence-electron chi connectivity index (χ2n) is 3.46. The fourth-order valence-electron chi connectivity index (χ4n) is 1.89. The maximum Gasteiger partial charge on any atom is 0.142 e. The first-order valence-corrected chi connectivity index (χ1v) is 4.75. The molecule has 14 heavy (non-hydrogen) atoms. The van der Waals surface area contributed by atoms with Gasteiger partial charge in [-0.1, -0.05) is 42.5 Å². The van der Waals surface area contributed by atoms with Crippen molar-refractivity contribution in [3.8, 4) is 0 Å². The van der Waals surface area contributed by atoms with Gasteiger partial charge in [0.15, 0.2) is 0 Å². The first-order chi connectivity index (χ1) is 6.95. The first-order valence-electron chi connectivity index (χ1n) is 4.75. The molecular weight excluding hydrogens is 172 g/mol. The van der Waals surface area contributed by atoms with E-state index in [9.17, 15) is 0 Å². The quantitative estimate of drug-likeness (QED) is 0.584. The molecule has 1 heteroatoms. The van der Waals surface area contributed by atoms with Crippen LogP contribution in [0, 0.1) is 0 Å². The minimum atomic E-state index is 0.106. The molecule has 0 amide bonds. The Kier molecular flexibility index (Phi) is 1.57. The van der Waals surface area contributed by atoms with Crippen LogP contribution in [0.5, 0.6) is 0 Å². The van der Waals surface area contributed by atoms with Crippen molar-refractivity contribution in [2.24, 2.45) is 0 Å². The summed E-state index contributed by atoms with van der Waals surface area (Å²) in [4.78, 5) is 0. The van der Waals surface area contributed by atoms with Crippen LogP contribution in [-0.2, 0) is 4.74 Å². The highest BCUT2D eigenvalue weighted by molar-refractivity contribution is 5.67. The van der Waals surface area contributed by atoms with E-state index in [4.69, 9.17) is 4.74 Å². The molecule has 68 valence electrons. The van der Waals surface area contributed by atoms with Crippen LogP contribution in [0.3, 0.4) is 0 Å². The minimum Gasteiger partial charge on any atom is -0.489 e. The second kappa shape index (κ2) is 2.88. The van der Waals surface area contributed by atoms with Crippen molar-refractivity contribution in [1.82, 2.24) is 0 Å². The van der Waals surface area contributed by atoms with Gasteiger partial charge in [0.05, 0.1) is 6.26 Å². The number of allylic oxidation sites excluding steroid dienone is 2. The average Bonchev–Trinajstić information content (AvgIpc) is 2.29. The lowest BCUT2D eigenvalue weighted by atomic mass is 9.99. The zero-order valence-corrected chi connectivity index (χ0v) is 7.68. The molecule has 1 aromatic rings. The fraction of sp³-hybridized carbons (Fsp3) is 0.0769. The molecule has 1 aliphatic carbocycles. The fourth-order valence-corrected chi connectivity index (χ4v) is 1.89. The Hall–Kier alpha value is -1.76. The Labute approximate surface area is 82.3 Å². The monoisotopic (exact) mass is 182 g/mol. The zero-order valence-electron chi connectivity index (χ0n) is 7.68. The van der Waals surface area contributed by atoms with Gasteiger partial charge in [-0.2, -0.15) is 0 Å². The zero-order chi connectivity index (χ0) is 9.38. The van der Waals surface area contributed by atoms with Crippen molar-refractivity contribution in [2.75, 3.05) is 0 Å². The third-order valence-electron chi connectivity index (χ3n) is 2.59. The lowest BCUT2D eigenvalue weighted by Gasteiger charge is -2.20. The summed E-state index contributed by atoms with van der Waals surface area (Å²) in [5.74, 6) is 0. The van der Waals surface area contributed by atoms with Gasteiger partial charge in [0.25, 0.3) is 0 Å². The SMILES string of the molecule is C1=CC2=c3ccccc3=COC2C=C1. The summed E-state index contributed by atoms with van der Waals surface area (Å²) in [5, 5.41) is 2.45. The lowest BCUT2D eigenvalue weighted by Crippen LogP contribution is -2.35. The van der Waals surface area contributed by atoms with Crippen molar-refractivity contribution < 1.29 is 4.74 Å². The molecule has 1 aliphatic heterocycles. The summed E-state index contributed by atoms with van der Waals surface area (Å²) in [6.45, 7) is 0. The van der Waals surface area contributed by atoms with Gasteiger partial charge in [-0.05, 0) is 11.3 Å². The van der Waals surface area contributed by atoms with Crippen molar-refractivity contribution >= 4 is 11.8 Å². The predicted octanol–water partition coefficient (Wildman–Crippen LogP) is 1.10. The second-order valence-corrected chi connectivity index (χ2v) is 3.46. The van der Waals surface area contributed by atoms with Gasteiger partial charge in [-0.3, -0.25) is 0 Å². The molecule has 0 fully saturated rings. The van der Waals surface area contributed by atoms with Crippen molar-refractivity contribution in [2.45, 2.75) is 6.10 Å². The third-order valence-corrected chi connectivity index (χ3v) is 2.59. The molecule has 0 saturated carbocycles. The Morgan fingerprint density at radius 3 is 3.00 bits per heavy atom. The minimum absolute atomic E-state index is 0.106. The standard InChI is InChI=1S/C13H10O/c1-2-6-11-10(5-1)9-14-13-8-4-3-7-12(11)13/h1-9,13H. The van der Waals surface area contributed by atoms with Crippen LogP contribution < -0.4 is 10.4 Å². The maximum atomic E-state index is 5.61. The van der Waals surface area contributed by atoms with Gasteiger partial charge in [-0.25, -0.2) is 0 Å². The molecule has 0 radical (unpaired) electrons. The molecular formula is C13H10O. The largest absolute Gasteiger partial charge is 0.489 e. The van der Waals surface area contributed by atoms with E-state index in [0.29, 0.717) is 0 Å². The Morgan fingerprint density at radius 2 is 2.00 bits per heavy atom. The Morgan fingerprint density at radius 1 is 1.07 bits per heavy atom. The van der Waals surface area contributed by atoms with Crippen LogP contribution in [0.4, 0.5) is 0 Å². The topological polar surface area (TPSA) is 9.23 Å². The van der Waals surface area contributed by atoms with E-state index in [1.165, 1.54) is 16.0 Å². The number of benzene rings is 1. The van der Waals surface area contributed by atoms with Gasteiger partial charge in [-0.15, -0.1) is 0 Å². The van der Waals surface area contributed by atoms with Gasteiger partial charge in [0, 0.05) is 10.8 Å². The third kappa shape index (κ3) is 1.02. The Balaban J connectivity index is 2.40. The van der Waals surface area contributed by atoms with Crippen LogP contribution in [0.2, 0.25) is 0 Å². The van der Waals surface area contributed by atoms with Crippen molar-refractivity contribution in [1.29, 1.82) is 0 Å². The molecule has 0 N–H and O–H groups in total. The molecule has 1 nitrogen and oxygen atoms in total. The van der Waals surface area contributed by atoms with Gasteiger partial charge < -0.3 is 4.74 Å². The van der Waals surface area contributed by atoms with Crippen LogP contribution in [0.15, 0.2) is 48.6 Å². The molecule has 1 unspecified atom stereocenters. The summed E-state index contributed by atoms with van der Waals surface area (Å²) in [6, 6.07) is 8.31.